The SMILES string of the molecule is COc1cc2c3c(n(C)c(=O)c2cc1OC)-c1cc2c(cc1/C3=C\CCCBr)OCO2. The highest BCUT2D eigenvalue weighted by Gasteiger charge is 2.32. The summed E-state index contributed by atoms with van der Waals surface area (Å²) >= 11 is 3.52. The second-order valence-electron chi connectivity index (χ2n) is 7.54. The topological polar surface area (TPSA) is 58.9 Å². The monoisotopic (exact) mass is 483 g/mol. The average Bonchev–Trinajstić information content (AvgIpc) is 3.37. The van der Waals surface area contributed by atoms with E-state index >= 15 is 0 Å². The van der Waals surface area contributed by atoms with Gasteiger partial charge in [0.1, 0.15) is 0 Å². The Labute approximate surface area is 188 Å². The van der Waals surface area contributed by atoms with Crippen LogP contribution in [0.2, 0.25) is 0 Å². The number of nitrogens with zero attached hydrogens (tertiary/aromatic N) is 1. The second-order valence-corrected chi connectivity index (χ2v) is 8.33. The largest absolute Gasteiger partial charge is 0.493 e. The lowest BCUT2D eigenvalue weighted by atomic mass is 9.97. The van der Waals surface area contributed by atoms with Gasteiger partial charge in [0.25, 0.3) is 5.56 Å². The third-order valence-electron chi connectivity index (χ3n) is 5.91. The predicted octanol–water partition coefficient (Wildman–Crippen LogP) is 4.87. The summed E-state index contributed by atoms with van der Waals surface area (Å²) in [6, 6.07) is 7.67. The molecule has 0 atom stereocenters. The van der Waals surface area contributed by atoms with E-state index < -0.39 is 0 Å². The number of unbranched alkanes of at least 4 members (excludes halogenated alkanes) is 1. The Morgan fingerprint density at radius 3 is 2.32 bits per heavy atom. The molecule has 0 N–H and O–H groups in total. The maximum Gasteiger partial charge on any atom is 0.258 e. The molecule has 1 aliphatic heterocycles. The highest BCUT2D eigenvalue weighted by Crippen LogP contribution is 2.51. The zero-order valence-corrected chi connectivity index (χ0v) is 19.2. The molecule has 1 aromatic heterocycles. The van der Waals surface area contributed by atoms with Crippen LogP contribution in [-0.2, 0) is 7.05 Å². The van der Waals surface area contributed by atoms with E-state index in [9.17, 15) is 4.79 Å². The number of rotatable bonds is 5. The van der Waals surface area contributed by atoms with E-state index in [1.54, 1.807) is 24.9 Å². The molecule has 1 aliphatic carbocycles. The molecule has 5 rings (SSSR count). The molecular formula is C24H22BrNO5. The van der Waals surface area contributed by atoms with Crippen molar-refractivity contribution >= 4 is 32.3 Å². The van der Waals surface area contributed by atoms with Crippen LogP contribution in [0.3, 0.4) is 0 Å². The molecule has 3 aromatic rings. The van der Waals surface area contributed by atoms with Crippen LogP contribution in [0.4, 0.5) is 0 Å². The third kappa shape index (κ3) is 2.94. The molecule has 6 nitrogen and oxygen atoms in total. The molecule has 2 aromatic carbocycles. The Hall–Kier alpha value is -2.93. The minimum Gasteiger partial charge on any atom is -0.493 e. The van der Waals surface area contributed by atoms with E-state index in [1.165, 1.54) is 0 Å². The number of benzene rings is 2. The first-order chi connectivity index (χ1) is 15.1. The van der Waals surface area contributed by atoms with Gasteiger partial charge >= 0.3 is 0 Å². The minimum absolute atomic E-state index is 0.0833. The second kappa shape index (κ2) is 7.64. The van der Waals surface area contributed by atoms with Crippen LogP contribution < -0.4 is 24.5 Å². The highest BCUT2D eigenvalue weighted by molar-refractivity contribution is 9.09. The molecule has 0 amide bonds. The number of alkyl halides is 1. The van der Waals surface area contributed by atoms with Crippen molar-refractivity contribution in [2.24, 2.45) is 7.05 Å². The number of aromatic nitrogens is 1. The van der Waals surface area contributed by atoms with E-state index in [1.807, 2.05) is 25.2 Å². The van der Waals surface area contributed by atoms with Gasteiger partial charge in [0.15, 0.2) is 23.0 Å². The molecule has 0 fully saturated rings. The van der Waals surface area contributed by atoms with E-state index in [2.05, 4.69) is 22.0 Å². The minimum atomic E-state index is -0.0833. The molecule has 0 bridgehead atoms. The summed E-state index contributed by atoms with van der Waals surface area (Å²) in [5, 5.41) is 2.37. The maximum atomic E-state index is 13.4. The molecule has 2 aliphatic rings. The lowest BCUT2D eigenvalue weighted by Gasteiger charge is -2.15. The fourth-order valence-electron chi connectivity index (χ4n) is 4.46. The Morgan fingerprint density at radius 2 is 1.68 bits per heavy atom. The molecule has 7 heteroatoms. The quantitative estimate of drug-likeness (QED) is 0.299. The van der Waals surface area contributed by atoms with Crippen LogP contribution in [0.5, 0.6) is 23.0 Å². The van der Waals surface area contributed by atoms with E-state index in [-0.39, 0.29) is 12.4 Å². The van der Waals surface area contributed by atoms with Crippen molar-refractivity contribution in [3.8, 4) is 34.3 Å². The smallest absolute Gasteiger partial charge is 0.258 e. The standard InChI is InChI=1S/C24H22BrNO5/c1-26-23-16-10-21-20(30-12-31-21)8-14(16)13(6-4-5-7-25)22(23)15-9-18(28-2)19(29-3)11-17(15)24(26)27/h6,8-11H,4-5,7,12H2,1-3H3/b13-6+. The van der Waals surface area contributed by atoms with Crippen molar-refractivity contribution in [2.75, 3.05) is 26.3 Å². The first-order valence-electron chi connectivity index (χ1n) is 10.1. The summed E-state index contributed by atoms with van der Waals surface area (Å²) < 4.78 is 24.0. The summed E-state index contributed by atoms with van der Waals surface area (Å²) in [6.45, 7) is 0.210. The summed E-state index contributed by atoms with van der Waals surface area (Å²) in [5.74, 6) is 2.56. The fraction of sp³-hybridized carbons (Fsp3) is 0.292. The van der Waals surface area contributed by atoms with Crippen molar-refractivity contribution in [3.05, 3.63) is 51.8 Å². The van der Waals surface area contributed by atoms with Crippen LogP contribution in [0.25, 0.3) is 27.6 Å². The molecule has 0 saturated heterocycles. The number of hydrogen-bond donors (Lipinski definition) is 0. The van der Waals surface area contributed by atoms with Crippen LogP contribution >= 0.6 is 15.9 Å². The molecule has 2 heterocycles. The van der Waals surface area contributed by atoms with Gasteiger partial charge in [-0.15, -0.1) is 0 Å². The maximum absolute atomic E-state index is 13.4. The van der Waals surface area contributed by atoms with E-state index in [4.69, 9.17) is 18.9 Å². The van der Waals surface area contributed by atoms with Crippen molar-refractivity contribution in [1.82, 2.24) is 4.57 Å². The summed E-state index contributed by atoms with van der Waals surface area (Å²) in [4.78, 5) is 13.4. The summed E-state index contributed by atoms with van der Waals surface area (Å²) in [5.41, 5.74) is 4.93. The van der Waals surface area contributed by atoms with Gasteiger partial charge in [0, 0.05) is 28.9 Å². The number of pyridine rings is 1. The van der Waals surface area contributed by atoms with Gasteiger partial charge < -0.3 is 23.5 Å². The fourth-order valence-corrected chi connectivity index (χ4v) is 4.78. The van der Waals surface area contributed by atoms with Crippen LogP contribution in [-0.4, -0.2) is 30.9 Å². The van der Waals surface area contributed by atoms with Gasteiger partial charge in [-0.05, 0) is 48.2 Å². The number of allylic oxidation sites excluding steroid dienone is 1. The Kier molecular flexibility index (Phi) is 4.93. The van der Waals surface area contributed by atoms with E-state index in [0.717, 1.165) is 57.3 Å². The van der Waals surface area contributed by atoms with Gasteiger partial charge in [-0.1, -0.05) is 22.0 Å². The molecule has 0 spiro atoms. The molecular weight excluding hydrogens is 462 g/mol. The normalized spacial score (nSPS) is 14.8. The van der Waals surface area contributed by atoms with Crippen molar-refractivity contribution in [1.29, 1.82) is 0 Å². The Morgan fingerprint density at radius 1 is 1.03 bits per heavy atom. The zero-order chi connectivity index (χ0) is 21.7. The number of methoxy groups -OCH3 is 2. The lowest BCUT2D eigenvalue weighted by Crippen LogP contribution is -2.19. The van der Waals surface area contributed by atoms with Gasteiger partial charge in [-0.3, -0.25) is 4.79 Å². The van der Waals surface area contributed by atoms with Gasteiger partial charge in [-0.25, -0.2) is 0 Å². The van der Waals surface area contributed by atoms with Gasteiger partial charge in [-0.2, -0.15) is 0 Å². The zero-order valence-electron chi connectivity index (χ0n) is 17.6. The summed E-state index contributed by atoms with van der Waals surface area (Å²) in [6.07, 6.45) is 4.17. The van der Waals surface area contributed by atoms with Crippen molar-refractivity contribution in [2.45, 2.75) is 12.8 Å². The average molecular weight is 484 g/mol. The number of halogens is 1. The molecule has 0 saturated carbocycles. The highest BCUT2D eigenvalue weighted by atomic mass is 79.9. The number of ether oxygens (including phenoxy) is 4. The first-order valence-corrected chi connectivity index (χ1v) is 11.2. The lowest BCUT2D eigenvalue weighted by molar-refractivity contribution is 0.174. The summed E-state index contributed by atoms with van der Waals surface area (Å²) in [7, 11) is 4.99. The Bertz CT molecular complexity index is 1310. The number of fused-ring (bicyclic) bond motifs is 6. The third-order valence-corrected chi connectivity index (χ3v) is 6.47. The van der Waals surface area contributed by atoms with E-state index in [0.29, 0.717) is 22.6 Å². The number of hydrogen-bond acceptors (Lipinski definition) is 5. The van der Waals surface area contributed by atoms with Gasteiger partial charge in [0.2, 0.25) is 6.79 Å². The molecule has 0 unspecified atom stereocenters. The molecule has 160 valence electrons. The van der Waals surface area contributed by atoms with Crippen molar-refractivity contribution in [3.63, 3.8) is 0 Å². The predicted molar refractivity (Wildman–Crippen MR) is 124 cm³/mol. The molecule has 0 radical (unpaired) electrons. The Balaban J connectivity index is 1.89. The van der Waals surface area contributed by atoms with Crippen LogP contribution in [0.1, 0.15) is 24.0 Å². The van der Waals surface area contributed by atoms with Crippen LogP contribution in [0.15, 0.2) is 35.1 Å². The first kappa shape index (κ1) is 20.0. The van der Waals surface area contributed by atoms with Gasteiger partial charge in [0.05, 0.1) is 25.3 Å². The van der Waals surface area contributed by atoms with Crippen molar-refractivity contribution < 1.29 is 18.9 Å². The van der Waals surface area contributed by atoms with Crippen LogP contribution in [0, 0.1) is 0 Å². The molecule has 31 heavy (non-hydrogen) atoms.